The van der Waals surface area contributed by atoms with Crippen LogP contribution in [0.5, 0.6) is 0 Å². The van der Waals surface area contributed by atoms with Crippen LogP contribution in [0.2, 0.25) is 0 Å². The Morgan fingerprint density at radius 1 is 1.48 bits per heavy atom. The number of hydrogen-bond donors (Lipinski definition) is 2. The molecule has 0 bridgehead atoms. The van der Waals surface area contributed by atoms with Gasteiger partial charge in [-0.3, -0.25) is 14.5 Å². The van der Waals surface area contributed by atoms with Gasteiger partial charge in [-0.1, -0.05) is 6.42 Å². The van der Waals surface area contributed by atoms with Crippen LogP contribution in [0.25, 0.3) is 0 Å². The summed E-state index contributed by atoms with van der Waals surface area (Å²) in [6.07, 6.45) is 3.49. The minimum absolute atomic E-state index is 0. The number of fused-ring (bicyclic) bond motifs is 1. The van der Waals surface area contributed by atoms with Crippen molar-refractivity contribution in [3.05, 3.63) is 0 Å². The van der Waals surface area contributed by atoms with E-state index in [0.29, 0.717) is 26.3 Å². The van der Waals surface area contributed by atoms with Crippen LogP contribution in [0.3, 0.4) is 0 Å². The number of aliphatic carboxylic acids is 1. The Labute approximate surface area is 144 Å². The largest absolute Gasteiger partial charge is 0.481 e. The van der Waals surface area contributed by atoms with Gasteiger partial charge in [-0.05, 0) is 39.0 Å². The first-order valence-corrected chi connectivity index (χ1v) is 8.34. The van der Waals surface area contributed by atoms with Crippen molar-refractivity contribution >= 4 is 24.3 Å². The highest BCUT2D eigenvalue weighted by molar-refractivity contribution is 5.85. The standard InChI is InChI=1S/C16H28N2O4.ClH/c1-3-22-9-5-8-17-14(19)12(2)18-10-13-6-4-7-16(13,11-18)15(20)21;/h12-13H,3-11H2,1-2H3,(H,17,19)(H,20,21);1H/t12?,13-,16+;/m0./s1. The van der Waals surface area contributed by atoms with Gasteiger partial charge in [0.15, 0.2) is 0 Å². The predicted octanol–water partition coefficient (Wildman–Crippen LogP) is 1.53. The molecule has 0 radical (unpaired) electrons. The topological polar surface area (TPSA) is 78.9 Å². The highest BCUT2D eigenvalue weighted by atomic mass is 35.5. The second-order valence-electron chi connectivity index (χ2n) is 6.50. The zero-order valence-electron chi connectivity index (χ0n) is 14.0. The number of halogens is 1. The number of nitrogens with zero attached hydrogens (tertiary/aromatic N) is 1. The van der Waals surface area contributed by atoms with Crippen molar-refractivity contribution in [2.24, 2.45) is 11.3 Å². The third-order valence-electron chi connectivity index (χ3n) is 5.22. The first-order chi connectivity index (χ1) is 10.5. The highest BCUT2D eigenvalue weighted by Crippen LogP contribution is 2.49. The summed E-state index contributed by atoms with van der Waals surface area (Å²) in [6.45, 7) is 6.98. The molecule has 1 aliphatic heterocycles. The van der Waals surface area contributed by atoms with E-state index in [-0.39, 0.29) is 30.3 Å². The fraction of sp³-hybridized carbons (Fsp3) is 0.875. The smallest absolute Gasteiger partial charge is 0.311 e. The van der Waals surface area contributed by atoms with Gasteiger partial charge >= 0.3 is 5.97 Å². The van der Waals surface area contributed by atoms with Crippen molar-refractivity contribution in [2.75, 3.05) is 32.8 Å². The van der Waals surface area contributed by atoms with Crippen molar-refractivity contribution in [3.8, 4) is 0 Å². The molecule has 0 aromatic rings. The third-order valence-corrected chi connectivity index (χ3v) is 5.22. The zero-order chi connectivity index (χ0) is 16.2. The summed E-state index contributed by atoms with van der Waals surface area (Å²) in [5, 5.41) is 12.5. The Hall–Kier alpha value is -0.850. The molecule has 1 saturated carbocycles. The van der Waals surface area contributed by atoms with Crippen LogP contribution >= 0.6 is 12.4 Å². The maximum absolute atomic E-state index is 12.2. The summed E-state index contributed by atoms with van der Waals surface area (Å²) < 4.78 is 5.24. The number of carboxylic acids is 1. The van der Waals surface area contributed by atoms with E-state index in [1.165, 1.54) is 0 Å². The lowest BCUT2D eigenvalue weighted by molar-refractivity contribution is -0.149. The number of carbonyl (C=O) groups is 2. The molecule has 2 rings (SSSR count). The minimum Gasteiger partial charge on any atom is -0.481 e. The third kappa shape index (κ3) is 4.37. The molecule has 2 fully saturated rings. The van der Waals surface area contributed by atoms with Gasteiger partial charge in [0.1, 0.15) is 0 Å². The maximum atomic E-state index is 12.2. The molecule has 6 nitrogen and oxygen atoms in total. The number of hydrogen-bond acceptors (Lipinski definition) is 4. The lowest BCUT2D eigenvalue weighted by Crippen LogP contribution is -2.46. The van der Waals surface area contributed by atoms with E-state index in [4.69, 9.17) is 4.74 Å². The SMILES string of the molecule is CCOCCCNC(=O)C(C)N1C[C@@H]2CCC[C@@]2(C(=O)O)C1.Cl. The zero-order valence-corrected chi connectivity index (χ0v) is 14.9. The van der Waals surface area contributed by atoms with E-state index in [0.717, 1.165) is 32.2 Å². The molecule has 23 heavy (non-hydrogen) atoms. The highest BCUT2D eigenvalue weighted by Gasteiger charge is 2.55. The van der Waals surface area contributed by atoms with E-state index < -0.39 is 11.4 Å². The lowest BCUT2D eigenvalue weighted by Gasteiger charge is -2.26. The fourth-order valence-corrected chi connectivity index (χ4v) is 3.82. The minimum atomic E-state index is -0.693. The van der Waals surface area contributed by atoms with Gasteiger partial charge in [0.2, 0.25) is 5.91 Å². The van der Waals surface area contributed by atoms with E-state index in [9.17, 15) is 14.7 Å². The van der Waals surface area contributed by atoms with Gasteiger partial charge in [-0.2, -0.15) is 0 Å². The lowest BCUT2D eigenvalue weighted by atomic mass is 9.81. The molecule has 1 saturated heterocycles. The molecule has 1 heterocycles. The number of likely N-dealkylation sites (tertiary alicyclic amines) is 1. The first-order valence-electron chi connectivity index (χ1n) is 8.34. The Kier molecular flexibility index (Phi) is 7.77. The molecule has 2 aliphatic rings. The van der Waals surface area contributed by atoms with Crippen molar-refractivity contribution in [2.45, 2.75) is 45.6 Å². The Bertz CT molecular complexity index is 421. The van der Waals surface area contributed by atoms with Crippen molar-refractivity contribution in [1.29, 1.82) is 0 Å². The monoisotopic (exact) mass is 348 g/mol. The van der Waals surface area contributed by atoms with Crippen molar-refractivity contribution < 1.29 is 19.4 Å². The summed E-state index contributed by atoms with van der Waals surface area (Å²) in [5.41, 5.74) is -0.622. The Morgan fingerprint density at radius 3 is 2.83 bits per heavy atom. The van der Waals surface area contributed by atoms with Crippen molar-refractivity contribution in [1.82, 2.24) is 10.2 Å². The summed E-state index contributed by atoms with van der Waals surface area (Å²) in [6, 6.07) is -0.270. The molecule has 1 unspecified atom stereocenters. The van der Waals surface area contributed by atoms with Crippen LogP contribution in [0.1, 0.15) is 39.5 Å². The van der Waals surface area contributed by atoms with E-state index in [2.05, 4.69) is 5.32 Å². The van der Waals surface area contributed by atoms with Gasteiger partial charge in [-0.15, -0.1) is 12.4 Å². The normalized spacial score (nSPS) is 28.0. The van der Waals surface area contributed by atoms with E-state index >= 15 is 0 Å². The first kappa shape index (κ1) is 20.2. The van der Waals surface area contributed by atoms with Gasteiger partial charge in [0.25, 0.3) is 0 Å². The van der Waals surface area contributed by atoms with Crippen LogP contribution in [-0.4, -0.2) is 60.8 Å². The van der Waals surface area contributed by atoms with Crippen molar-refractivity contribution in [3.63, 3.8) is 0 Å². The molecule has 0 aromatic carbocycles. The molecule has 7 heteroatoms. The molecular formula is C16H29ClN2O4. The summed E-state index contributed by atoms with van der Waals surface area (Å²) >= 11 is 0. The number of carboxylic acid groups (broad SMARTS) is 1. The van der Waals surface area contributed by atoms with Crippen LogP contribution < -0.4 is 5.32 Å². The van der Waals surface area contributed by atoms with Crippen LogP contribution in [0, 0.1) is 11.3 Å². The van der Waals surface area contributed by atoms with Crippen LogP contribution in [0.4, 0.5) is 0 Å². The fourth-order valence-electron chi connectivity index (χ4n) is 3.82. The molecular weight excluding hydrogens is 320 g/mol. The van der Waals surface area contributed by atoms with E-state index in [1.807, 2.05) is 18.7 Å². The molecule has 2 N–H and O–H groups in total. The maximum Gasteiger partial charge on any atom is 0.311 e. The molecule has 0 aromatic heterocycles. The predicted molar refractivity (Wildman–Crippen MR) is 89.8 cm³/mol. The second kappa shape index (κ2) is 8.85. The van der Waals surface area contributed by atoms with Gasteiger partial charge in [-0.25, -0.2) is 0 Å². The van der Waals surface area contributed by atoms with Gasteiger partial charge in [0.05, 0.1) is 11.5 Å². The van der Waals surface area contributed by atoms with Gasteiger partial charge < -0.3 is 15.2 Å². The van der Waals surface area contributed by atoms with Crippen LogP contribution in [0.15, 0.2) is 0 Å². The molecule has 1 aliphatic carbocycles. The average molecular weight is 349 g/mol. The Balaban J connectivity index is 0.00000264. The molecule has 1 amide bonds. The van der Waals surface area contributed by atoms with Gasteiger partial charge in [0, 0.05) is 32.8 Å². The summed E-state index contributed by atoms with van der Waals surface area (Å²) in [5.74, 6) is -0.517. The summed E-state index contributed by atoms with van der Waals surface area (Å²) in [4.78, 5) is 25.9. The number of carbonyl (C=O) groups excluding carboxylic acids is 1. The average Bonchev–Trinajstić information content (AvgIpc) is 3.03. The number of rotatable bonds is 8. The number of ether oxygens (including phenoxy) is 1. The number of nitrogens with one attached hydrogen (secondary N) is 1. The molecule has 134 valence electrons. The van der Waals surface area contributed by atoms with E-state index in [1.54, 1.807) is 0 Å². The second-order valence-corrected chi connectivity index (χ2v) is 6.50. The Morgan fingerprint density at radius 2 is 2.22 bits per heavy atom. The summed E-state index contributed by atoms with van der Waals surface area (Å²) in [7, 11) is 0. The molecule has 0 spiro atoms. The molecule has 3 atom stereocenters. The van der Waals surface area contributed by atoms with Crippen LogP contribution in [-0.2, 0) is 14.3 Å². The quantitative estimate of drug-likeness (QED) is 0.650. The number of amides is 1.